The van der Waals surface area contributed by atoms with Gasteiger partial charge in [0.1, 0.15) is 0 Å². The van der Waals surface area contributed by atoms with Crippen LogP contribution in [0, 0.1) is 0 Å². The smallest absolute Gasteiger partial charge is 0.224 e. The van der Waals surface area contributed by atoms with Crippen molar-refractivity contribution in [1.82, 2.24) is 15.1 Å². The van der Waals surface area contributed by atoms with E-state index in [4.69, 9.17) is 0 Å². The molecule has 2 atom stereocenters. The van der Waals surface area contributed by atoms with Crippen LogP contribution in [0.25, 0.3) is 0 Å². The first kappa shape index (κ1) is 16.7. The van der Waals surface area contributed by atoms with Gasteiger partial charge in [0.05, 0.1) is 0 Å². The molecule has 2 aliphatic rings. The van der Waals surface area contributed by atoms with Crippen LogP contribution in [0.1, 0.15) is 39.0 Å². The molecule has 0 aromatic rings. The molecule has 2 heterocycles. The van der Waals surface area contributed by atoms with Crippen molar-refractivity contribution in [3.05, 3.63) is 0 Å². The third kappa shape index (κ3) is 4.62. The summed E-state index contributed by atoms with van der Waals surface area (Å²) in [7, 11) is 2.03. The van der Waals surface area contributed by atoms with E-state index in [0.29, 0.717) is 24.4 Å². The van der Waals surface area contributed by atoms with Crippen LogP contribution >= 0.6 is 12.4 Å². The third-order valence-corrected chi connectivity index (χ3v) is 4.43. The number of likely N-dealkylation sites (tertiary alicyclic amines) is 2. The van der Waals surface area contributed by atoms with E-state index >= 15 is 0 Å². The van der Waals surface area contributed by atoms with Gasteiger partial charge in [-0.1, -0.05) is 0 Å². The first-order valence-electron chi connectivity index (χ1n) is 7.40. The number of carbonyl (C=O) groups excluding carboxylic acids is 1. The topological polar surface area (TPSA) is 35.6 Å². The Bertz CT molecular complexity index is 288. The molecule has 2 unspecified atom stereocenters. The molecule has 2 rings (SSSR count). The average molecular weight is 290 g/mol. The molecule has 1 N–H and O–H groups in total. The highest BCUT2D eigenvalue weighted by atomic mass is 35.5. The van der Waals surface area contributed by atoms with Gasteiger partial charge in [0.2, 0.25) is 5.91 Å². The van der Waals surface area contributed by atoms with E-state index in [0.717, 1.165) is 26.2 Å². The molecule has 0 bridgehead atoms. The van der Waals surface area contributed by atoms with Crippen LogP contribution in [-0.2, 0) is 4.79 Å². The summed E-state index contributed by atoms with van der Waals surface area (Å²) in [4.78, 5) is 16.6. The van der Waals surface area contributed by atoms with Crippen LogP contribution in [0.2, 0.25) is 0 Å². The molecule has 0 aliphatic carbocycles. The number of halogens is 1. The fraction of sp³-hybridized carbons (Fsp3) is 0.929. The zero-order chi connectivity index (χ0) is 13.0. The van der Waals surface area contributed by atoms with Gasteiger partial charge in [0.25, 0.3) is 0 Å². The maximum Gasteiger partial charge on any atom is 0.224 e. The quantitative estimate of drug-likeness (QED) is 0.852. The highest BCUT2D eigenvalue weighted by molar-refractivity contribution is 5.85. The molecule has 1 amide bonds. The van der Waals surface area contributed by atoms with E-state index < -0.39 is 0 Å². The van der Waals surface area contributed by atoms with Gasteiger partial charge in [-0.2, -0.15) is 0 Å². The predicted octanol–water partition coefficient (Wildman–Crippen LogP) is 1.49. The van der Waals surface area contributed by atoms with Crippen molar-refractivity contribution in [1.29, 1.82) is 0 Å². The van der Waals surface area contributed by atoms with E-state index in [1.54, 1.807) is 0 Å². The Morgan fingerprint density at radius 1 is 1.26 bits per heavy atom. The number of likely N-dealkylation sites (N-methyl/N-ethyl adjacent to an activating group) is 1. The van der Waals surface area contributed by atoms with Gasteiger partial charge in [0, 0.05) is 38.1 Å². The maximum atomic E-state index is 12.1. The number of rotatable bonds is 4. The maximum absolute atomic E-state index is 12.1. The van der Waals surface area contributed by atoms with Gasteiger partial charge in [-0.25, -0.2) is 0 Å². The number of nitrogens with zero attached hydrogens (tertiary/aromatic N) is 2. The Labute approximate surface area is 123 Å². The summed E-state index contributed by atoms with van der Waals surface area (Å²) >= 11 is 0. The highest BCUT2D eigenvalue weighted by Gasteiger charge is 2.25. The van der Waals surface area contributed by atoms with Crippen LogP contribution in [-0.4, -0.2) is 61.0 Å². The second-order valence-electron chi connectivity index (χ2n) is 5.76. The summed E-state index contributed by atoms with van der Waals surface area (Å²) in [6.07, 6.45) is 5.57. The standard InChI is InChI=1S/C14H27N3O.ClH/c1-12-5-3-9-17(12)14(18)7-10-16-8-4-6-13(11-16)15-2;/h12-13,15H,3-11H2,1-2H3;1H. The highest BCUT2D eigenvalue weighted by Crippen LogP contribution is 2.18. The molecule has 0 spiro atoms. The Balaban J connectivity index is 0.00000180. The lowest BCUT2D eigenvalue weighted by Gasteiger charge is -2.33. The molecular formula is C14H28ClN3O. The van der Waals surface area contributed by atoms with E-state index in [1.165, 1.54) is 25.7 Å². The van der Waals surface area contributed by atoms with E-state index in [2.05, 4.69) is 22.0 Å². The lowest BCUT2D eigenvalue weighted by Crippen LogP contribution is -2.45. The fourth-order valence-corrected chi connectivity index (χ4v) is 3.20. The van der Waals surface area contributed by atoms with Gasteiger partial charge in [-0.3, -0.25) is 4.79 Å². The summed E-state index contributed by atoms with van der Waals surface area (Å²) in [5.74, 6) is 0.353. The van der Waals surface area contributed by atoms with E-state index in [1.807, 2.05) is 7.05 Å². The molecule has 2 saturated heterocycles. The minimum absolute atomic E-state index is 0. The summed E-state index contributed by atoms with van der Waals surface area (Å²) in [5.41, 5.74) is 0. The number of hydrogen-bond donors (Lipinski definition) is 1. The monoisotopic (exact) mass is 289 g/mol. The van der Waals surface area contributed by atoms with Crippen molar-refractivity contribution >= 4 is 18.3 Å². The number of nitrogens with one attached hydrogen (secondary N) is 1. The van der Waals surface area contributed by atoms with Crippen molar-refractivity contribution in [3.63, 3.8) is 0 Å². The summed E-state index contributed by atoms with van der Waals surface area (Å²) < 4.78 is 0. The Kier molecular flexibility index (Phi) is 7.11. The van der Waals surface area contributed by atoms with Crippen molar-refractivity contribution < 1.29 is 4.79 Å². The number of carbonyl (C=O) groups is 1. The minimum Gasteiger partial charge on any atom is -0.340 e. The van der Waals surface area contributed by atoms with Crippen molar-refractivity contribution in [3.8, 4) is 0 Å². The first-order valence-corrected chi connectivity index (χ1v) is 7.40. The normalized spacial score (nSPS) is 28.2. The van der Waals surface area contributed by atoms with Gasteiger partial charge in [-0.15, -0.1) is 12.4 Å². The molecular weight excluding hydrogens is 262 g/mol. The molecule has 4 nitrogen and oxygen atoms in total. The molecule has 0 radical (unpaired) electrons. The fourth-order valence-electron chi connectivity index (χ4n) is 3.20. The molecule has 2 aliphatic heterocycles. The summed E-state index contributed by atoms with van der Waals surface area (Å²) in [6.45, 7) is 6.32. The Morgan fingerprint density at radius 2 is 2.00 bits per heavy atom. The summed E-state index contributed by atoms with van der Waals surface area (Å²) in [6, 6.07) is 1.07. The lowest BCUT2D eigenvalue weighted by atomic mass is 10.1. The lowest BCUT2D eigenvalue weighted by molar-refractivity contribution is -0.132. The van der Waals surface area contributed by atoms with Gasteiger partial charge < -0.3 is 15.1 Å². The van der Waals surface area contributed by atoms with E-state index in [-0.39, 0.29) is 12.4 Å². The Morgan fingerprint density at radius 3 is 2.63 bits per heavy atom. The van der Waals surface area contributed by atoms with Crippen LogP contribution in [0.15, 0.2) is 0 Å². The zero-order valence-electron chi connectivity index (χ0n) is 12.2. The van der Waals surface area contributed by atoms with Crippen molar-refractivity contribution in [2.45, 2.75) is 51.1 Å². The molecule has 0 aromatic carbocycles. The SMILES string of the molecule is CNC1CCCN(CCC(=O)N2CCCC2C)C1.Cl. The Hall–Kier alpha value is -0.320. The largest absolute Gasteiger partial charge is 0.340 e. The van der Waals surface area contributed by atoms with Crippen LogP contribution in [0.5, 0.6) is 0 Å². The molecule has 2 fully saturated rings. The zero-order valence-corrected chi connectivity index (χ0v) is 13.0. The number of piperidine rings is 1. The molecule has 0 aromatic heterocycles. The van der Waals surface area contributed by atoms with Crippen molar-refractivity contribution in [2.75, 3.05) is 33.2 Å². The predicted molar refractivity (Wildman–Crippen MR) is 80.8 cm³/mol. The van der Waals surface area contributed by atoms with Gasteiger partial charge in [-0.05, 0) is 46.2 Å². The first-order chi connectivity index (χ1) is 8.70. The number of hydrogen-bond acceptors (Lipinski definition) is 3. The molecule has 112 valence electrons. The minimum atomic E-state index is 0. The third-order valence-electron chi connectivity index (χ3n) is 4.43. The van der Waals surface area contributed by atoms with Gasteiger partial charge >= 0.3 is 0 Å². The van der Waals surface area contributed by atoms with Gasteiger partial charge in [0.15, 0.2) is 0 Å². The molecule has 0 saturated carbocycles. The van der Waals surface area contributed by atoms with Crippen molar-refractivity contribution in [2.24, 2.45) is 0 Å². The average Bonchev–Trinajstić information content (AvgIpc) is 2.82. The van der Waals surface area contributed by atoms with Crippen LogP contribution in [0.4, 0.5) is 0 Å². The summed E-state index contributed by atoms with van der Waals surface area (Å²) in [5, 5.41) is 3.35. The molecule has 19 heavy (non-hydrogen) atoms. The van der Waals surface area contributed by atoms with Crippen LogP contribution in [0.3, 0.4) is 0 Å². The number of amides is 1. The van der Waals surface area contributed by atoms with E-state index in [9.17, 15) is 4.79 Å². The van der Waals surface area contributed by atoms with Crippen LogP contribution < -0.4 is 5.32 Å². The second kappa shape index (κ2) is 8.08. The molecule has 5 heteroatoms. The second-order valence-corrected chi connectivity index (χ2v) is 5.76.